The molecule has 0 aromatic heterocycles. The van der Waals surface area contributed by atoms with Crippen molar-refractivity contribution < 1.29 is 8.42 Å². The van der Waals surface area contributed by atoms with Gasteiger partial charge >= 0.3 is 0 Å². The Hall–Kier alpha value is -0.0900. The van der Waals surface area contributed by atoms with Gasteiger partial charge in [-0.15, -0.1) is 0 Å². The number of sulfonamides is 1. The summed E-state index contributed by atoms with van der Waals surface area (Å²) in [6.07, 6.45) is 7.64. The number of nitrogens with one attached hydrogen (secondary N) is 1. The summed E-state index contributed by atoms with van der Waals surface area (Å²) in [4.78, 5) is 0. The molecule has 4 rings (SSSR count). The summed E-state index contributed by atoms with van der Waals surface area (Å²) in [6, 6.07) is 0. The molecule has 98 valence electrons. The van der Waals surface area contributed by atoms with Gasteiger partial charge in [0, 0.05) is 6.54 Å². The third kappa shape index (κ3) is 2.26. The Morgan fingerprint density at radius 3 is 1.94 bits per heavy atom. The van der Waals surface area contributed by atoms with Gasteiger partial charge in [-0.1, -0.05) is 6.92 Å². The highest BCUT2D eigenvalue weighted by molar-refractivity contribution is 7.89. The topological polar surface area (TPSA) is 46.2 Å². The van der Waals surface area contributed by atoms with E-state index in [1.807, 2.05) is 6.92 Å². The van der Waals surface area contributed by atoms with Gasteiger partial charge in [0.25, 0.3) is 0 Å². The fraction of sp³-hybridized carbons (Fsp3) is 1.00. The van der Waals surface area contributed by atoms with Crippen molar-refractivity contribution >= 4 is 10.0 Å². The van der Waals surface area contributed by atoms with Gasteiger partial charge < -0.3 is 0 Å². The van der Waals surface area contributed by atoms with Crippen LogP contribution in [0.1, 0.15) is 45.4 Å². The minimum atomic E-state index is -3.04. The van der Waals surface area contributed by atoms with Gasteiger partial charge in [-0.25, -0.2) is 13.1 Å². The molecule has 0 unspecified atom stereocenters. The van der Waals surface area contributed by atoms with Gasteiger partial charge in [0.2, 0.25) is 10.0 Å². The summed E-state index contributed by atoms with van der Waals surface area (Å²) < 4.78 is 26.7. The lowest BCUT2D eigenvalue weighted by molar-refractivity contribution is -0.0391. The summed E-state index contributed by atoms with van der Waals surface area (Å²) in [5.41, 5.74) is 0.135. The van der Waals surface area contributed by atoms with Crippen LogP contribution in [-0.2, 0) is 10.0 Å². The smallest absolute Gasteiger partial charge is 0.212 e. The average Bonchev–Trinajstić information content (AvgIpc) is 2.11. The van der Waals surface area contributed by atoms with E-state index in [2.05, 4.69) is 4.72 Å². The fourth-order valence-corrected chi connectivity index (χ4v) is 6.84. The first-order valence-electron chi connectivity index (χ1n) is 6.98. The van der Waals surface area contributed by atoms with Crippen molar-refractivity contribution in [1.29, 1.82) is 0 Å². The van der Waals surface area contributed by atoms with Crippen LogP contribution in [0.25, 0.3) is 0 Å². The van der Waals surface area contributed by atoms with Crippen LogP contribution in [0.5, 0.6) is 0 Å². The maximum absolute atomic E-state index is 12.0. The standard InChI is InChI=1S/C13H23NO2S/c1-2-14-17(15,16)9-13-6-10-3-11(7-13)5-12(4-10)8-13/h10-12,14H,2-9H2,1H3. The van der Waals surface area contributed by atoms with Crippen molar-refractivity contribution in [1.82, 2.24) is 4.72 Å². The number of hydrogen-bond acceptors (Lipinski definition) is 2. The molecule has 0 spiro atoms. The van der Waals surface area contributed by atoms with Crippen LogP contribution in [0.15, 0.2) is 0 Å². The minimum absolute atomic E-state index is 0.135. The molecule has 3 nitrogen and oxygen atoms in total. The zero-order valence-corrected chi connectivity index (χ0v) is 11.4. The molecule has 0 aromatic rings. The third-order valence-electron chi connectivity index (χ3n) is 5.03. The highest BCUT2D eigenvalue weighted by Crippen LogP contribution is 2.60. The van der Waals surface area contributed by atoms with Gasteiger partial charge in [-0.2, -0.15) is 0 Å². The number of hydrogen-bond donors (Lipinski definition) is 1. The van der Waals surface area contributed by atoms with Crippen LogP contribution in [0.3, 0.4) is 0 Å². The lowest BCUT2D eigenvalue weighted by Gasteiger charge is -2.56. The van der Waals surface area contributed by atoms with Crippen molar-refractivity contribution in [2.45, 2.75) is 45.4 Å². The summed E-state index contributed by atoms with van der Waals surface area (Å²) in [7, 11) is -3.04. The van der Waals surface area contributed by atoms with Gasteiger partial charge in [-0.3, -0.25) is 0 Å². The van der Waals surface area contributed by atoms with Gasteiger partial charge in [0.15, 0.2) is 0 Å². The maximum Gasteiger partial charge on any atom is 0.212 e. The molecule has 0 aliphatic heterocycles. The van der Waals surface area contributed by atoms with E-state index in [-0.39, 0.29) is 5.41 Å². The van der Waals surface area contributed by atoms with Crippen molar-refractivity contribution in [2.75, 3.05) is 12.3 Å². The summed E-state index contributed by atoms with van der Waals surface area (Å²) in [6.45, 7) is 2.38. The summed E-state index contributed by atoms with van der Waals surface area (Å²) in [5.74, 6) is 2.88. The maximum atomic E-state index is 12.0. The molecule has 1 N–H and O–H groups in total. The van der Waals surface area contributed by atoms with E-state index in [9.17, 15) is 8.42 Å². The first kappa shape index (κ1) is 12.0. The quantitative estimate of drug-likeness (QED) is 0.838. The second-order valence-electron chi connectivity index (χ2n) is 6.67. The zero-order chi connectivity index (χ0) is 12.1. The van der Waals surface area contributed by atoms with Crippen LogP contribution in [0.4, 0.5) is 0 Å². The van der Waals surface area contributed by atoms with Gasteiger partial charge in [0.1, 0.15) is 0 Å². The Balaban J connectivity index is 1.78. The lowest BCUT2D eigenvalue weighted by Crippen LogP contribution is -2.50. The molecule has 4 aliphatic carbocycles. The SMILES string of the molecule is CCNS(=O)(=O)CC12CC3CC(CC(C3)C1)C2. The van der Waals surface area contributed by atoms with Crippen molar-refractivity contribution in [3.63, 3.8) is 0 Å². The Bertz CT molecular complexity index is 366. The van der Waals surface area contributed by atoms with Gasteiger partial charge in [-0.05, 0) is 61.7 Å². The molecule has 0 radical (unpaired) electrons. The molecule has 0 saturated heterocycles. The molecule has 4 bridgehead atoms. The lowest BCUT2D eigenvalue weighted by atomic mass is 9.50. The summed E-state index contributed by atoms with van der Waals surface area (Å²) >= 11 is 0. The first-order valence-corrected chi connectivity index (χ1v) is 8.63. The molecule has 4 fully saturated rings. The molecule has 0 amide bonds. The average molecular weight is 257 g/mol. The molecule has 0 aromatic carbocycles. The highest BCUT2D eigenvalue weighted by atomic mass is 32.2. The molecule has 4 saturated carbocycles. The highest BCUT2D eigenvalue weighted by Gasteiger charge is 2.52. The van der Waals surface area contributed by atoms with Crippen LogP contribution in [0.2, 0.25) is 0 Å². The van der Waals surface area contributed by atoms with Gasteiger partial charge in [0.05, 0.1) is 5.75 Å². The second kappa shape index (κ2) is 3.95. The molecular weight excluding hydrogens is 234 g/mol. The molecule has 0 atom stereocenters. The summed E-state index contributed by atoms with van der Waals surface area (Å²) in [5, 5.41) is 0. The van der Waals surface area contributed by atoms with E-state index in [0.717, 1.165) is 17.8 Å². The van der Waals surface area contributed by atoms with Crippen LogP contribution in [-0.4, -0.2) is 20.7 Å². The van der Waals surface area contributed by atoms with Crippen molar-refractivity contribution in [2.24, 2.45) is 23.2 Å². The van der Waals surface area contributed by atoms with E-state index >= 15 is 0 Å². The molecule has 0 heterocycles. The Morgan fingerprint density at radius 2 is 1.53 bits per heavy atom. The molecular formula is C13H23NO2S. The van der Waals surface area contributed by atoms with Crippen LogP contribution in [0, 0.1) is 23.2 Å². The van der Waals surface area contributed by atoms with Crippen LogP contribution >= 0.6 is 0 Å². The first-order chi connectivity index (χ1) is 8.00. The third-order valence-corrected chi connectivity index (χ3v) is 6.75. The van der Waals surface area contributed by atoms with Crippen molar-refractivity contribution in [3.05, 3.63) is 0 Å². The Kier molecular flexibility index (Phi) is 2.78. The molecule has 4 heteroatoms. The van der Waals surface area contributed by atoms with E-state index < -0.39 is 10.0 Å². The van der Waals surface area contributed by atoms with E-state index in [1.165, 1.54) is 38.5 Å². The van der Waals surface area contributed by atoms with Crippen molar-refractivity contribution in [3.8, 4) is 0 Å². The number of rotatable bonds is 4. The molecule has 4 aliphatic rings. The van der Waals surface area contributed by atoms with E-state index in [4.69, 9.17) is 0 Å². The van der Waals surface area contributed by atoms with Crippen LogP contribution < -0.4 is 4.72 Å². The monoisotopic (exact) mass is 257 g/mol. The largest absolute Gasteiger partial charge is 0.215 e. The predicted molar refractivity (Wildman–Crippen MR) is 68.1 cm³/mol. The fourth-order valence-electron chi connectivity index (χ4n) is 5.14. The minimum Gasteiger partial charge on any atom is -0.215 e. The predicted octanol–water partition coefficient (Wildman–Crippen LogP) is 2.14. The Morgan fingerprint density at radius 1 is 1.06 bits per heavy atom. The Labute approximate surface area is 104 Å². The zero-order valence-electron chi connectivity index (χ0n) is 10.6. The van der Waals surface area contributed by atoms with E-state index in [0.29, 0.717) is 12.3 Å². The normalized spacial score (nSPS) is 44.2. The molecule has 17 heavy (non-hydrogen) atoms. The second-order valence-corrected chi connectivity index (χ2v) is 8.48. The van der Waals surface area contributed by atoms with E-state index in [1.54, 1.807) is 0 Å².